The first-order valence-corrected chi connectivity index (χ1v) is 10.7. The van der Waals surface area contributed by atoms with E-state index in [1.807, 2.05) is 11.8 Å². The van der Waals surface area contributed by atoms with Gasteiger partial charge < -0.3 is 24.2 Å². The molecule has 0 aromatic rings. The molecule has 6 heteroatoms. The van der Waals surface area contributed by atoms with E-state index in [1.165, 1.54) is 32.1 Å². The van der Waals surface area contributed by atoms with Crippen LogP contribution in [-0.2, 0) is 19.0 Å². The Morgan fingerprint density at radius 2 is 2.00 bits per heavy atom. The SMILES string of the molecule is CCO[C@H]1OC(C(=O)N2CCOCC2)=C[C@@H](C2CCCCC2)[C@H]1CCCO. The number of nitrogens with zero attached hydrogens (tertiary/aromatic N) is 1. The fraction of sp³-hybridized carbons (Fsp3) is 0.857. The van der Waals surface area contributed by atoms with Crippen molar-refractivity contribution >= 4 is 5.91 Å². The van der Waals surface area contributed by atoms with Crippen molar-refractivity contribution in [3.8, 4) is 0 Å². The lowest BCUT2D eigenvalue weighted by Gasteiger charge is -2.42. The number of ether oxygens (including phenoxy) is 3. The number of hydrogen-bond donors (Lipinski definition) is 1. The zero-order valence-electron chi connectivity index (χ0n) is 16.6. The third-order valence-corrected chi connectivity index (χ3v) is 6.16. The highest BCUT2D eigenvalue weighted by atomic mass is 16.7. The molecule has 0 aromatic carbocycles. The maximum Gasteiger partial charge on any atom is 0.288 e. The van der Waals surface area contributed by atoms with Crippen LogP contribution >= 0.6 is 0 Å². The van der Waals surface area contributed by atoms with Crippen LogP contribution in [0.15, 0.2) is 11.8 Å². The molecule has 0 bridgehead atoms. The highest BCUT2D eigenvalue weighted by molar-refractivity contribution is 5.91. The number of amides is 1. The van der Waals surface area contributed by atoms with Crippen LogP contribution in [0.1, 0.15) is 51.9 Å². The van der Waals surface area contributed by atoms with E-state index in [4.69, 9.17) is 14.2 Å². The maximum atomic E-state index is 13.0. The van der Waals surface area contributed by atoms with Crippen LogP contribution in [0.4, 0.5) is 0 Å². The lowest BCUT2D eigenvalue weighted by Crippen LogP contribution is -2.46. The van der Waals surface area contributed by atoms with Gasteiger partial charge in [0.15, 0.2) is 5.76 Å². The minimum atomic E-state index is -0.404. The van der Waals surface area contributed by atoms with Crippen molar-refractivity contribution in [1.29, 1.82) is 0 Å². The normalized spacial score (nSPS) is 29.9. The van der Waals surface area contributed by atoms with E-state index in [0.29, 0.717) is 44.6 Å². The first kappa shape index (κ1) is 20.6. The van der Waals surface area contributed by atoms with Gasteiger partial charge in [0, 0.05) is 32.2 Å². The molecule has 0 spiro atoms. The number of carbonyl (C=O) groups excluding carboxylic acids is 1. The quantitative estimate of drug-likeness (QED) is 0.734. The summed E-state index contributed by atoms with van der Waals surface area (Å²) < 4.78 is 17.4. The molecule has 0 aromatic heterocycles. The standard InChI is InChI=1S/C21H35NO5/c1-2-26-21-17(9-6-12-23)18(16-7-4-3-5-8-16)15-19(27-21)20(24)22-10-13-25-14-11-22/h15-18,21,23H,2-14H2,1H3/t17-,18+,21+/m1/s1. The molecule has 0 unspecified atom stereocenters. The molecule has 3 atom stereocenters. The van der Waals surface area contributed by atoms with Gasteiger partial charge in [-0.25, -0.2) is 0 Å². The van der Waals surface area contributed by atoms with Crippen molar-refractivity contribution in [3.05, 3.63) is 11.8 Å². The van der Waals surface area contributed by atoms with Crippen molar-refractivity contribution in [2.45, 2.75) is 58.2 Å². The first-order valence-electron chi connectivity index (χ1n) is 10.7. The average molecular weight is 382 g/mol. The van der Waals surface area contributed by atoms with Gasteiger partial charge in [0.25, 0.3) is 5.91 Å². The molecule has 1 aliphatic carbocycles. The van der Waals surface area contributed by atoms with E-state index >= 15 is 0 Å². The number of morpholine rings is 1. The Labute approximate surface area is 162 Å². The maximum absolute atomic E-state index is 13.0. The molecule has 1 saturated carbocycles. The Morgan fingerprint density at radius 1 is 1.26 bits per heavy atom. The van der Waals surface area contributed by atoms with Crippen LogP contribution in [0.5, 0.6) is 0 Å². The van der Waals surface area contributed by atoms with E-state index in [-0.39, 0.29) is 24.3 Å². The average Bonchev–Trinajstić information content (AvgIpc) is 2.73. The van der Waals surface area contributed by atoms with Gasteiger partial charge in [-0.15, -0.1) is 0 Å². The van der Waals surface area contributed by atoms with Gasteiger partial charge in [-0.3, -0.25) is 4.79 Å². The lowest BCUT2D eigenvalue weighted by atomic mass is 9.71. The first-order chi connectivity index (χ1) is 13.2. The van der Waals surface area contributed by atoms with Gasteiger partial charge in [-0.05, 0) is 50.5 Å². The predicted molar refractivity (Wildman–Crippen MR) is 102 cm³/mol. The summed E-state index contributed by atoms with van der Waals surface area (Å²) in [5.41, 5.74) is 0. The third-order valence-electron chi connectivity index (χ3n) is 6.16. The van der Waals surface area contributed by atoms with E-state index in [1.54, 1.807) is 0 Å². The third kappa shape index (κ3) is 5.24. The molecule has 3 rings (SSSR count). The fourth-order valence-corrected chi connectivity index (χ4v) is 4.76. The molecule has 0 radical (unpaired) electrons. The highest BCUT2D eigenvalue weighted by Gasteiger charge is 2.41. The molecule has 1 amide bonds. The van der Waals surface area contributed by atoms with Crippen LogP contribution in [0.2, 0.25) is 0 Å². The Morgan fingerprint density at radius 3 is 2.67 bits per heavy atom. The summed E-state index contributed by atoms with van der Waals surface area (Å²) in [5.74, 6) is 1.46. The second-order valence-corrected chi connectivity index (χ2v) is 7.88. The Bertz CT molecular complexity index is 497. The van der Waals surface area contributed by atoms with Crippen LogP contribution in [0.3, 0.4) is 0 Å². The predicted octanol–water partition coefficient (Wildman–Crippen LogP) is 2.71. The molecule has 154 valence electrons. The minimum absolute atomic E-state index is 0.0376. The molecule has 6 nitrogen and oxygen atoms in total. The molecule has 2 heterocycles. The molecule has 2 aliphatic heterocycles. The number of aliphatic hydroxyl groups is 1. The zero-order chi connectivity index (χ0) is 19.1. The van der Waals surface area contributed by atoms with Gasteiger partial charge in [-0.2, -0.15) is 0 Å². The van der Waals surface area contributed by atoms with Gasteiger partial charge in [0.2, 0.25) is 6.29 Å². The Balaban J connectivity index is 1.82. The zero-order valence-corrected chi connectivity index (χ0v) is 16.6. The lowest BCUT2D eigenvalue weighted by molar-refractivity contribution is -0.180. The van der Waals surface area contributed by atoms with Gasteiger partial charge in [0.1, 0.15) is 0 Å². The number of hydrogen-bond acceptors (Lipinski definition) is 5. The number of aliphatic hydroxyl groups excluding tert-OH is 1. The van der Waals surface area contributed by atoms with Crippen LogP contribution in [0, 0.1) is 17.8 Å². The molecule has 2 fully saturated rings. The van der Waals surface area contributed by atoms with Crippen LogP contribution in [-0.4, -0.2) is 61.7 Å². The summed E-state index contributed by atoms with van der Waals surface area (Å²) in [7, 11) is 0. The van der Waals surface area contributed by atoms with Crippen molar-refractivity contribution in [1.82, 2.24) is 4.90 Å². The van der Waals surface area contributed by atoms with Crippen molar-refractivity contribution in [3.63, 3.8) is 0 Å². The smallest absolute Gasteiger partial charge is 0.288 e. The van der Waals surface area contributed by atoms with Crippen molar-refractivity contribution in [2.75, 3.05) is 39.5 Å². The summed E-state index contributed by atoms with van der Waals surface area (Å²) in [6.45, 7) is 5.08. The summed E-state index contributed by atoms with van der Waals surface area (Å²) >= 11 is 0. The second-order valence-electron chi connectivity index (χ2n) is 7.88. The molecular formula is C21H35NO5. The topological polar surface area (TPSA) is 68.2 Å². The monoisotopic (exact) mass is 381 g/mol. The highest BCUT2D eigenvalue weighted by Crippen LogP contribution is 2.42. The van der Waals surface area contributed by atoms with E-state index in [2.05, 4.69) is 6.08 Å². The van der Waals surface area contributed by atoms with Crippen molar-refractivity contribution in [2.24, 2.45) is 17.8 Å². The number of rotatable bonds is 7. The van der Waals surface area contributed by atoms with Crippen LogP contribution in [0.25, 0.3) is 0 Å². The van der Waals surface area contributed by atoms with E-state index < -0.39 is 6.29 Å². The van der Waals surface area contributed by atoms with Gasteiger partial charge in [0.05, 0.1) is 13.2 Å². The fourth-order valence-electron chi connectivity index (χ4n) is 4.76. The number of allylic oxidation sites excluding steroid dienone is 1. The Kier molecular flexibility index (Phi) is 7.97. The summed E-state index contributed by atoms with van der Waals surface area (Å²) in [4.78, 5) is 14.9. The number of carbonyl (C=O) groups is 1. The molecule has 27 heavy (non-hydrogen) atoms. The van der Waals surface area contributed by atoms with E-state index in [0.717, 1.165) is 12.8 Å². The van der Waals surface area contributed by atoms with E-state index in [9.17, 15) is 9.90 Å². The molecule has 3 aliphatic rings. The van der Waals surface area contributed by atoms with Gasteiger partial charge in [-0.1, -0.05) is 19.3 Å². The van der Waals surface area contributed by atoms with Crippen LogP contribution < -0.4 is 0 Å². The summed E-state index contributed by atoms with van der Waals surface area (Å²) in [6, 6.07) is 0. The Hall–Kier alpha value is -1.11. The summed E-state index contributed by atoms with van der Waals surface area (Å²) in [6.07, 6.45) is 9.51. The largest absolute Gasteiger partial charge is 0.459 e. The molecular weight excluding hydrogens is 346 g/mol. The van der Waals surface area contributed by atoms with Crippen molar-refractivity contribution < 1.29 is 24.1 Å². The summed E-state index contributed by atoms with van der Waals surface area (Å²) in [5, 5.41) is 9.35. The second kappa shape index (κ2) is 10.4. The van der Waals surface area contributed by atoms with Gasteiger partial charge >= 0.3 is 0 Å². The molecule has 1 N–H and O–H groups in total. The molecule has 1 saturated heterocycles. The minimum Gasteiger partial charge on any atom is -0.459 e.